The lowest BCUT2D eigenvalue weighted by Crippen LogP contribution is -2.25. The van der Waals surface area contributed by atoms with Crippen molar-refractivity contribution in [3.8, 4) is 0 Å². The number of hydrogen-bond donors (Lipinski definition) is 1. The molecule has 0 radical (unpaired) electrons. The molecule has 1 aromatic carbocycles. The molecule has 0 fully saturated rings. The summed E-state index contributed by atoms with van der Waals surface area (Å²) in [5, 5.41) is 4.72. The zero-order chi connectivity index (χ0) is 14.7. The number of nitrogens with one attached hydrogen (secondary N) is 1. The fourth-order valence-corrected chi connectivity index (χ4v) is 2.61. The standard InChI is InChI=1S/C16H15Cl2N3/c17-12-3-1-11(2-4-12)7-8-19-10-13-9-15-14(20-13)5-6-16(18)21-15/h1-6,19H,7-10H2. The number of halogens is 2. The molecular weight excluding hydrogens is 305 g/mol. The van der Waals surface area contributed by atoms with Gasteiger partial charge in [0, 0.05) is 23.7 Å². The van der Waals surface area contributed by atoms with Crippen LogP contribution >= 0.6 is 23.2 Å². The average Bonchev–Trinajstić information content (AvgIpc) is 2.87. The van der Waals surface area contributed by atoms with E-state index < -0.39 is 0 Å². The van der Waals surface area contributed by atoms with Crippen LogP contribution in [0.1, 0.15) is 11.3 Å². The molecule has 1 aromatic heterocycles. The van der Waals surface area contributed by atoms with Crippen LogP contribution in [0.4, 0.5) is 5.69 Å². The molecule has 3 nitrogen and oxygen atoms in total. The van der Waals surface area contributed by atoms with Gasteiger partial charge < -0.3 is 5.32 Å². The molecule has 1 N–H and O–H groups in total. The van der Waals surface area contributed by atoms with Crippen molar-refractivity contribution in [1.82, 2.24) is 10.3 Å². The van der Waals surface area contributed by atoms with Crippen LogP contribution in [0.3, 0.4) is 0 Å². The Balaban J connectivity index is 1.46. The molecule has 21 heavy (non-hydrogen) atoms. The van der Waals surface area contributed by atoms with Crippen molar-refractivity contribution < 1.29 is 0 Å². The van der Waals surface area contributed by atoms with E-state index in [9.17, 15) is 0 Å². The summed E-state index contributed by atoms with van der Waals surface area (Å²) >= 11 is 11.8. The van der Waals surface area contributed by atoms with Crippen molar-refractivity contribution in [1.29, 1.82) is 0 Å². The van der Waals surface area contributed by atoms with E-state index in [1.54, 1.807) is 6.07 Å². The van der Waals surface area contributed by atoms with Gasteiger partial charge in [0.2, 0.25) is 0 Å². The topological polar surface area (TPSA) is 37.3 Å². The first-order valence-electron chi connectivity index (χ1n) is 6.88. The lowest BCUT2D eigenvalue weighted by atomic mass is 10.1. The Bertz CT molecular complexity index is 666. The number of aromatic nitrogens is 1. The van der Waals surface area contributed by atoms with E-state index in [0.717, 1.165) is 48.0 Å². The highest BCUT2D eigenvalue weighted by Gasteiger charge is 2.15. The zero-order valence-electron chi connectivity index (χ0n) is 11.4. The smallest absolute Gasteiger partial charge is 0.129 e. The molecule has 2 aromatic rings. The zero-order valence-corrected chi connectivity index (χ0v) is 13.0. The maximum Gasteiger partial charge on any atom is 0.129 e. The highest BCUT2D eigenvalue weighted by Crippen LogP contribution is 2.26. The number of benzene rings is 1. The summed E-state index contributed by atoms with van der Waals surface area (Å²) in [5.74, 6) is 0. The summed E-state index contributed by atoms with van der Waals surface area (Å²) in [7, 11) is 0. The van der Waals surface area contributed by atoms with Crippen LogP contribution in [-0.4, -0.2) is 23.8 Å². The molecule has 0 saturated heterocycles. The molecule has 0 bridgehead atoms. The molecule has 0 spiro atoms. The van der Waals surface area contributed by atoms with Crippen LogP contribution in [0.25, 0.3) is 0 Å². The number of hydrogen-bond acceptors (Lipinski definition) is 3. The first kappa shape index (κ1) is 14.5. The molecule has 3 rings (SSSR count). The third kappa shape index (κ3) is 3.82. The summed E-state index contributed by atoms with van der Waals surface area (Å²) in [6, 6.07) is 11.7. The number of aliphatic imine (C=N–C) groups is 1. The van der Waals surface area contributed by atoms with Crippen molar-refractivity contribution in [3.63, 3.8) is 0 Å². The van der Waals surface area contributed by atoms with Gasteiger partial charge in [0.1, 0.15) is 5.15 Å². The monoisotopic (exact) mass is 319 g/mol. The molecule has 108 valence electrons. The first-order valence-corrected chi connectivity index (χ1v) is 7.63. The predicted octanol–water partition coefficient (Wildman–Crippen LogP) is 3.85. The molecule has 0 saturated carbocycles. The highest BCUT2D eigenvalue weighted by atomic mass is 35.5. The van der Waals surface area contributed by atoms with Gasteiger partial charge in [-0.05, 0) is 42.8 Å². The maximum absolute atomic E-state index is 5.89. The lowest BCUT2D eigenvalue weighted by molar-refractivity contribution is 0.755. The van der Waals surface area contributed by atoms with Gasteiger partial charge in [-0.25, -0.2) is 4.98 Å². The molecule has 1 aliphatic rings. The second kappa shape index (κ2) is 6.56. The average molecular weight is 320 g/mol. The van der Waals surface area contributed by atoms with E-state index in [1.165, 1.54) is 5.56 Å². The fraction of sp³-hybridized carbons (Fsp3) is 0.250. The van der Waals surface area contributed by atoms with Crippen LogP contribution in [-0.2, 0) is 12.8 Å². The van der Waals surface area contributed by atoms with Crippen molar-refractivity contribution >= 4 is 34.6 Å². The maximum atomic E-state index is 5.89. The second-order valence-corrected chi connectivity index (χ2v) is 5.83. The minimum atomic E-state index is 0.529. The minimum Gasteiger partial charge on any atom is -0.311 e. The van der Waals surface area contributed by atoms with Crippen molar-refractivity contribution in [3.05, 3.63) is 57.8 Å². The molecule has 2 heterocycles. The van der Waals surface area contributed by atoms with Crippen molar-refractivity contribution in [2.24, 2.45) is 4.99 Å². The van der Waals surface area contributed by atoms with Crippen molar-refractivity contribution in [2.75, 3.05) is 13.1 Å². The van der Waals surface area contributed by atoms with Crippen LogP contribution in [0.15, 0.2) is 41.4 Å². The van der Waals surface area contributed by atoms with Gasteiger partial charge >= 0.3 is 0 Å². The van der Waals surface area contributed by atoms with Crippen LogP contribution in [0, 0.1) is 0 Å². The Labute approximate surface area is 134 Å². The lowest BCUT2D eigenvalue weighted by Gasteiger charge is -2.04. The van der Waals surface area contributed by atoms with Gasteiger partial charge in [-0.1, -0.05) is 35.3 Å². The Kier molecular flexibility index (Phi) is 4.54. The molecule has 0 unspecified atom stereocenters. The number of rotatable bonds is 5. The highest BCUT2D eigenvalue weighted by molar-refractivity contribution is 6.30. The van der Waals surface area contributed by atoms with E-state index >= 15 is 0 Å². The molecule has 0 atom stereocenters. The molecule has 0 amide bonds. The molecule has 1 aliphatic heterocycles. The van der Waals surface area contributed by atoms with E-state index in [0.29, 0.717) is 5.15 Å². The number of pyridine rings is 1. The van der Waals surface area contributed by atoms with E-state index in [4.69, 9.17) is 23.2 Å². The molecular formula is C16H15Cl2N3. The first-order chi connectivity index (χ1) is 10.2. The van der Waals surface area contributed by atoms with Gasteiger partial charge in [-0.2, -0.15) is 0 Å². The Morgan fingerprint density at radius 3 is 2.67 bits per heavy atom. The fourth-order valence-electron chi connectivity index (χ4n) is 2.32. The normalized spacial score (nSPS) is 13.1. The van der Waals surface area contributed by atoms with Crippen molar-refractivity contribution in [2.45, 2.75) is 12.8 Å². The van der Waals surface area contributed by atoms with Gasteiger partial charge in [0.15, 0.2) is 0 Å². The van der Waals surface area contributed by atoms with Gasteiger partial charge in [0.25, 0.3) is 0 Å². The van der Waals surface area contributed by atoms with Gasteiger partial charge in [-0.15, -0.1) is 0 Å². The third-order valence-electron chi connectivity index (χ3n) is 3.40. The molecule has 0 aliphatic carbocycles. The quantitative estimate of drug-likeness (QED) is 0.671. The Morgan fingerprint density at radius 2 is 1.86 bits per heavy atom. The third-order valence-corrected chi connectivity index (χ3v) is 3.86. The minimum absolute atomic E-state index is 0.529. The number of nitrogens with zero attached hydrogens (tertiary/aromatic N) is 2. The van der Waals surface area contributed by atoms with E-state index in [2.05, 4.69) is 27.4 Å². The van der Waals surface area contributed by atoms with Crippen LogP contribution in [0.2, 0.25) is 10.2 Å². The van der Waals surface area contributed by atoms with E-state index in [1.807, 2.05) is 18.2 Å². The summed E-state index contributed by atoms with van der Waals surface area (Å²) in [5.41, 5.74) is 4.29. The predicted molar refractivity (Wildman–Crippen MR) is 88.1 cm³/mol. The SMILES string of the molecule is Clc1ccc(CCNCC2=Nc3ccc(Cl)nc3C2)cc1. The summed E-state index contributed by atoms with van der Waals surface area (Å²) in [6.45, 7) is 1.69. The molecule has 5 heteroatoms. The Hall–Kier alpha value is -1.42. The largest absolute Gasteiger partial charge is 0.311 e. The number of fused-ring (bicyclic) bond motifs is 1. The Morgan fingerprint density at radius 1 is 1.05 bits per heavy atom. The van der Waals surface area contributed by atoms with Crippen LogP contribution < -0.4 is 5.32 Å². The second-order valence-electron chi connectivity index (χ2n) is 5.01. The van der Waals surface area contributed by atoms with Gasteiger partial charge in [-0.3, -0.25) is 4.99 Å². The summed E-state index contributed by atoms with van der Waals surface area (Å²) in [4.78, 5) is 8.86. The van der Waals surface area contributed by atoms with Crippen LogP contribution in [0.5, 0.6) is 0 Å². The summed E-state index contributed by atoms with van der Waals surface area (Å²) in [6.07, 6.45) is 1.76. The van der Waals surface area contributed by atoms with Gasteiger partial charge in [0.05, 0.1) is 11.4 Å². The summed E-state index contributed by atoms with van der Waals surface area (Å²) < 4.78 is 0. The van der Waals surface area contributed by atoms with E-state index in [-0.39, 0.29) is 0 Å².